The van der Waals surface area contributed by atoms with Gasteiger partial charge in [-0.2, -0.15) is 5.10 Å². The Bertz CT molecular complexity index is 830. The van der Waals surface area contributed by atoms with Gasteiger partial charge in [0.15, 0.2) is 11.6 Å². The van der Waals surface area contributed by atoms with Gasteiger partial charge < -0.3 is 15.1 Å². The third-order valence-corrected chi connectivity index (χ3v) is 5.39. The van der Waals surface area contributed by atoms with Gasteiger partial charge in [-0.25, -0.2) is 9.67 Å². The molecule has 2 aliphatic rings. The predicted molar refractivity (Wildman–Crippen MR) is 102 cm³/mol. The summed E-state index contributed by atoms with van der Waals surface area (Å²) in [7, 11) is 0. The Balaban J connectivity index is 0.000000706. The fourth-order valence-corrected chi connectivity index (χ4v) is 3.71. The lowest BCUT2D eigenvalue weighted by molar-refractivity contribution is -0.143. The van der Waals surface area contributed by atoms with Crippen molar-refractivity contribution in [1.29, 1.82) is 0 Å². The molecule has 0 unspecified atom stereocenters. The lowest BCUT2D eigenvalue weighted by Crippen LogP contribution is -2.48. The van der Waals surface area contributed by atoms with Crippen LogP contribution in [0.2, 0.25) is 0 Å². The highest BCUT2D eigenvalue weighted by Crippen LogP contribution is 2.48. The van der Waals surface area contributed by atoms with Crippen molar-refractivity contribution in [3.8, 4) is 11.4 Å². The molecular formula is C20H26N4O4. The highest BCUT2D eigenvalue weighted by Gasteiger charge is 2.53. The Morgan fingerprint density at radius 2 is 1.93 bits per heavy atom. The molecule has 0 spiro atoms. The maximum absolute atomic E-state index is 13.0. The Morgan fingerprint density at radius 3 is 2.46 bits per heavy atom. The number of fused-ring (bicyclic) bond motifs is 1. The van der Waals surface area contributed by atoms with E-state index in [4.69, 9.17) is 14.9 Å². The lowest BCUT2D eigenvalue weighted by Gasteiger charge is -2.39. The van der Waals surface area contributed by atoms with Gasteiger partial charge in [-0.3, -0.25) is 9.59 Å². The summed E-state index contributed by atoms with van der Waals surface area (Å²) in [4.78, 5) is 28.1. The van der Waals surface area contributed by atoms with E-state index < -0.39 is 5.41 Å². The van der Waals surface area contributed by atoms with Gasteiger partial charge in [-0.1, -0.05) is 44.2 Å². The van der Waals surface area contributed by atoms with Gasteiger partial charge in [0.1, 0.15) is 0 Å². The zero-order chi connectivity index (χ0) is 20.3. The number of aliphatic hydroxyl groups excluding tert-OH is 1. The summed E-state index contributed by atoms with van der Waals surface area (Å²) in [6, 6.07) is 9.82. The van der Waals surface area contributed by atoms with Crippen LogP contribution < -0.4 is 0 Å². The average molecular weight is 386 g/mol. The lowest BCUT2D eigenvalue weighted by atomic mass is 9.96. The van der Waals surface area contributed by atoms with Gasteiger partial charge in [0, 0.05) is 12.1 Å². The van der Waals surface area contributed by atoms with E-state index in [1.54, 1.807) is 0 Å². The summed E-state index contributed by atoms with van der Waals surface area (Å²) in [5, 5.41) is 21.2. The first-order valence-electron chi connectivity index (χ1n) is 9.47. The van der Waals surface area contributed by atoms with E-state index in [1.165, 1.54) is 0 Å². The van der Waals surface area contributed by atoms with E-state index in [2.05, 4.69) is 18.9 Å². The minimum absolute atomic E-state index is 0.0604. The van der Waals surface area contributed by atoms with Gasteiger partial charge in [0.05, 0.1) is 24.6 Å². The molecule has 1 saturated carbocycles. The van der Waals surface area contributed by atoms with Crippen LogP contribution in [0, 0.1) is 11.3 Å². The first-order chi connectivity index (χ1) is 13.5. The molecule has 1 aromatic carbocycles. The number of aliphatic hydroxyl groups is 1. The van der Waals surface area contributed by atoms with Gasteiger partial charge >= 0.3 is 0 Å². The number of carbonyl (C=O) groups excluding carboxylic acids is 1. The molecule has 0 bridgehead atoms. The predicted octanol–water partition coefficient (Wildman–Crippen LogP) is 1.96. The van der Waals surface area contributed by atoms with Crippen LogP contribution >= 0.6 is 0 Å². The smallest absolute Gasteiger partial charge is 0.290 e. The van der Waals surface area contributed by atoms with E-state index >= 15 is 0 Å². The normalized spacial score (nSPS) is 19.4. The number of carbonyl (C=O) groups is 2. The maximum atomic E-state index is 13.0. The fraction of sp³-hybridized carbons (Fsp3) is 0.500. The maximum Gasteiger partial charge on any atom is 0.290 e. The van der Waals surface area contributed by atoms with Gasteiger partial charge in [-0.15, -0.1) is 0 Å². The Labute approximate surface area is 163 Å². The second-order valence-electron chi connectivity index (χ2n) is 7.61. The molecule has 8 nitrogen and oxygen atoms in total. The van der Waals surface area contributed by atoms with Crippen molar-refractivity contribution < 1.29 is 19.8 Å². The SMILES string of the molecule is CC(C)[C@H]1c2nc(-c3ccccc3)nn2CCN1C(=O)C1(CO)CC1.O=CO. The molecule has 4 rings (SSSR count). The molecule has 150 valence electrons. The largest absolute Gasteiger partial charge is 0.483 e. The zero-order valence-corrected chi connectivity index (χ0v) is 16.2. The van der Waals surface area contributed by atoms with Crippen LogP contribution in [0.5, 0.6) is 0 Å². The third-order valence-electron chi connectivity index (χ3n) is 5.39. The number of nitrogens with zero attached hydrogens (tertiary/aromatic N) is 4. The third kappa shape index (κ3) is 3.64. The van der Waals surface area contributed by atoms with Crippen molar-refractivity contribution in [3.05, 3.63) is 36.2 Å². The van der Waals surface area contributed by atoms with Crippen molar-refractivity contribution in [2.75, 3.05) is 13.2 Å². The molecule has 1 aliphatic heterocycles. The van der Waals surface area contributed by atoms with E-state index in [9.17, 15) is 9.90 Å². The highest BCUT2D eigenvalue weighted by molar-refractivity contribution is 5.86. The van der Waals surface area contributed by atoms with E-state index in [0.717, 1.165) is 24.2 Å². The molecular weight excluding hydrogens is 360 g/mol. The van der Waals surface area contributed by atoms with Gasteiger partial charge in [0.25, 0.3) is 6.47 Å². The quantitative estimate of drug-likeness (QED) is 0.778. The van der Waals surface area contributed by atoms with E-state index in [-0.39, 0.29) is 30.9 Å². The second kappa shape index (κ2) is 8.10. The van der Waals surface area contributed by atoms with Crippen LogP contribution in [0.1, 0.15) is 38.6 Å². The van der Waals surface area contributed by atoms with Crippen LogP contribution in [0.15, 0.2) is 30.3 Å². The minimum Gasteiger partial charge on any atom is -0.483 e. The molecule has 1 atom stereocenters. The summed E-state index contributed by atoms with van der Waals surface area (Å²) in [5.41, 5.74) is 0.441. The van der Waals surface area contributed by atoms with Crippen LogP contribution in [0.4, 0.5) is 0 Å². The van der Waals surface area contributed by atoms with E-state index in [1.807, 2.05) is 39.9 Å². The second-order valence-corrected chi connectivity index (χ2v) is 7.61. The molecule has 2 heterocycles. The van der Waals surface area contributed by atoms with Crippen LogP contribution in [0.25, 0.3) is 11.4 Å². The van der Waals surface area contributed by atoms with Gasteiger partial charge in [0.2, 0.25) is 5.91 Å². The Hall–Kier alpha value is -2.74. The van der Waals surface area contributed by atoms with Crippen molar-refractivity contribution >= 4 is 12.4 Å². The first-order valence-corrected chi connectivity index (χ1v) is 9.47. The van der Waals surface area contributed by atoms with Crippen molar-refractivity contribution in [1.82, 2.24) is 19.7 Å². The molecule has 2 N–H and O–H groups in total. The number of aromatic nitrogens is 3. The van der Waals surface area contributed by atoms with Crippen LogP contribution in [-0.2, 0) is 16.1 Å². The molecule has 2 aromatic rings. The first kappa shape index (κ1) is 20.0. The summed E-state index contributed by atoms with van der Waals surface area (Å²) in [5.74, 6) is 1.86. The standard InChI is InChI=1S/C19H24N4O2.CH2O2/c1-13(2)15-17-20-16(14-6-4-3-5-7-14)21-23(17)11-10-22(15)18(25)19(12-24)8-9-19;2-1-3/h3-7,13,15,24H,8-12H2,1-2H3;1H,(H,2,3)/t15-;/m0./s1. The molecule has 1 aliphatic carbocycles. The number of hydrogen-bond acceptors (Lipinski definition) is 5. The summed E-state index contributed by atoms with van der Waals surface area (Å²) < 4.78 is 1.94. The highest BCUT2D eigenvalue weighted by atomic mass is 16.3. The summed E-state index contributed by atoms with van der Waals surface area (Å²) in [6.07, 6.45) is 1.57. The monoisotopic (exact) mass is 386 g/mol. The molecule has 0 radical (unpaired) electrons. The number of rotatable bonds is 4. The van der Waals surface area contributed by atoms with Crippen molar-refractivity contribution in [2.24, 2.45) is 11.3 Å². The molecule has 1 aromatic heterocycles. The Kier molecular flexibility index (Phi) is 5.79. The average Bonchev–Trinajstić information content (AvgIpc) is 3.39. The molecule has 28 heavy (non-hydrogen) atoms. The fourth-order valence-electron chi connectivity index (χ4n) is 3.71. The number of amides is 1. The van der Waals surface area contributed by atoms with Crippen LogP contribution in [0.3, 0.4) is 0 Å². The van der Waals surface area contributed by atoms with Crippen LogP contribution in [-0.4, -0.2) is 55.4 Å². The molecule has 8 heteroatoms. The molecule has 1 fully saturated rings. The Morgan fingerprint density at radius 1 is 1.29 bits per heavy atom. The number of hydrogen-bond donors (Lipinski definition) is 2. The summed E-state index contributed by atoms with van der Waals surface area (Å²) >= 11 is 0. The molecule has 0 saturated heterocycles. The summed E-state index contributed by atoms with van der Waals surface area (Å²) in [6.45, 7) is 5.17. The number of benzene rings is 1. The van der Waals surface area contributed by atoms with Crippen molar-refractivity contribution in [3.63, 3.8) is 0 Å². The van der Waals surface area contributed by atoms with E-state index in [0.29, 0.717) is 18.9 Å². The van der Waals surface area contributed by atoms with Crippen molar-refractivity contribution in [2.45, 2.75) is 39.3 Å². The molecule has 1 amide bonds. The zero-order valence-electron chi connectivity index (χ0n) is 16.2. The number of carboxylic acid groups (broad SMARTS) is 1. The van der Waals surface area contributed by atoms with Gasteiger partial charge in [-0.05, 0) is 18.8 Å². The topological polar surface area (TPSA) is 109 Å². The minimum atomic E-state index is -0.544.